The van der Waals surface area contributed by atoms with E-state index in [-0.39, 0.29) is 12.1 Å². The molecule has 2 N–H and O–H groups in total. The fraction of sp³-hybridized carbons (Fsp3) is 0.455. The lowest BCUT2D eigenvalue weighted by atomic mass is 10.0. The molecule has 0 aliphatic heterocycles. The second-order valence-corrected chi connectivity index (χ2v) is 4.87. The number of rotatable bonds is 4. The number of anilines is 1. The molecule has 2 nitrogen and oxygen atoms in total. The first-order chi connectivity index (χ1) is 6.96. The highest BCUT2D eigenvalue weighted by Crippen LogP contribution is 2.31. The molecule has 0 aromatic heterocycles. The van der Waals surface area contributed by atoms with Gasteiger partial charge in [-0.15, -0.1) is 0 Å². The SMILES string of the molecule is CC(C)(CCO)Nc1cccc(Cl)c1Cl. The summed E-state index contributed by atoms with van der Waals surface area (Å²) < 4.78 is 0. The van der Waals surface area contributed by atoms with Crippen LogP contribution in [-0.4, -0.2) is 17.3 Å². The van der Waals surface area contributed by atoms with Crippen LogP contribution in [0.5, 0.6) is 0 Å². The monoisotopic (exact) mass is 247 g/mol. The van der Waals surface area contributed by atoms with Gasteiger partial charge in [0.15, 0.2) is 0 Å². The van der Waals surface area contributed by atoms with Gasteiger partial charge in [0.1, 0.15) is 0 Å². The van der Waals surface area contributed by atoms with Crippen molar-refractivity contribution in [3.8, 4) is 0 Å². The molecular formula is C11H15Cl2NO. The molecule has 0 unspecified atom stereocenters. The third kappa shape index (κ3) is 3.56. The van der Waals surface area contributed by atoms with Gasteiger partial charge in [-0.25, -0.2) is 0 Å². The smallest absolute Gasteiger partial charge is 0.0823 e. The van der Waals surface area contributed by atoms with Gasteiger partial charge in [0.05, 0.1) is 15.7 Å². The molecule has 0 spiro atoms. The molecule has 0 aliphatic carbocycles. The van der Waals surface area contributed by atoms with Gasteiger partial charge < -0.3 is 10.4 Å². The number of hydrogen-bond acceptors (Lipinski definition) is 2. The highest BCUT2D eigenvalue weighted by atomic mass is 35.5. The molecule has 0 amide bonds. The van der Waals surface area contributed by atoms with E-state index in [1.54, 1.807) is 6.07 Å². The Morgan fingerprint density at radius 2 is 2.00 bits per heavy atom. The van der Waals surface area contributed by atoms with E-state index in [2.05, 4.69) is 5.32 Å². The minimum atomic E-state index is -0.205. The van der Waals surface area contributed by atoms with Crippen molar-refractivity contribution in [2.75, 3.05) is 11.9 Å². The largest absolute Gasteiger partial charge is 0.396 e. The molecule has 0 fully saturated rings. The molecular weight excluding hydrogens is 233 g/mol. The summed E-state index contributed by atoms with van der Waals surface area (Å²) in [6.45, 7) is 4.14. The van der Waals surface area contributed by atoms with Crippen LogP contribution in [0, 0.1) is 0 Å². The van der Waals surface area contributed by atoms with Crippen molar-refractivity contribution < 1.29 is 5.11 Å². The number of hydrogen-bond donors (Lipinski definition) is 2. The zero-order valence-corrected chi connectivity index (χ0v) is 10.4. The van der Waals surface area contributed by atoms with E-state index in [0.717, 1.165) is 5.69 Å². The molecule has 84 valence electrons. The summed E-state index contributed by atoms with van der Waals surface area (Å²) in [4.78, 5) is 0. The van der Waals surface area contributed by atoms with Crippen molar-refractivity contribution >= 4 is 28.9 Å². The van der Waals surface area contributed by atoms with Crippen LogP contribution in [0.3, 0.4) is 0 Å². The normalized spacial score (nSPS) is 11.5. The first-order valence-electron chi connectivity index (χ1n) is 4.79. The van der Waals surface area contributed by atoms with Gasteiger partial charge in [-0.05, 0) is 32.4 Å². The third-order valence-electron chi connectivity index (χ3n) is 2.16. The molecule has 1 aromatic rings. The van der Waals surface area contributed by atoms with E-state index in [0.29, 0.717) is 16.5 Å². The Morgan fingerprint density at radius 3 is 2.60 bits per heavy atom. The quantitative estimate of drug-likeness (QED) is 0.853. The summed E-state index contributed by atoms with van der Waals surface area (Å²) in [5, 5.41) is 13.2. The summed E-state index contributed by atoms with van der Waals surface area (Å²) in [6.07, 6.45) is 0.649. The zero-order chi connectivity index (χ0) is 11.5. The summed E-state index contributed by atoms with van der Waals surface area (Å²) in [5.74, 6) is 0. The molecule has 4 heteroatoms. The van der Waals surface area contributed by atoms with Crippen molar-refractivity contribution in [1.29, 1.82) is 0 Å². The molecule has 0 saturated heterocycles. The Morgan fingerprint density at radius 1 is 1.33 bits per heavy atom. The predicted molar refractivity (Wildman–Crippen MR) is 65.9 cm³/mol. The maximum Gasteiger partial charge on any atom is 0.0823 e. The van der Waals surface area contributed by atoms with Gasteiger partial charge in [-0.3, -0.25) is 0 Å². The van der Waals surface area contributed by atoms with E-state index in [9.17, 15) is 0 Å². The number of aliphatic hydroxyl groups excluding tert-OH is 1. The number of nitrogens with one attached hydrogen (secondary N) is 1. The molecule has 15 heavy (non-hydrogen) atoms. The van der Waals surface area contributed by atoms with Crippen LogP contribution in [-0.2, 0) is 0 Å². The lowest BCUT2D eigenvalue weighted by Gasteiger charge is -2.27. The average Bonchev–Trinajstić information content (AvgIpc) is 2.12. The van der Waals surface area contributed by atoms with E-state index in [1.165, 1.54) is 0 Å². The highest BCUT2D eigenvalue weighted by molar-refractivity contribution is 6.43. The molecule has 1 aromatic carbocycles. The number of benzene rings is 1. The topological polar surface area (TPSA) is 32.3 Å². The summed E-state index contributed by atoms with van der Waals surface area (Å²) in [5.41, 5.74) is 0.589. The molecule has 0 atom stereocenters. The van der Waals surface area contributed by atoms with Crippen LogP contribution >= 0.6 is 23.2 Å². The lowest BCUT2D eigenvalue weighted by molar-refractivity contribution is 0.261. The van der Waals surface area contributed by atoms with E-state index in [4.69, 9.17) is 28.3 Å². The first kappa shape index (κ1) is 12.6. The fourth-order valence-corrected chi connectivity index (χ4v) is 1.65. The second-order valence-electron chi connectivity index (χ2n) is 4.08. The van der Waals surface area contributed by atoms with E-state index in [1.807, 2.05) is 26.0 Å². The average molecular weight is 248 g/mol. The minimum Gasteiger partial charge on any atom is -0.396 e. The number of halogens is 2. The molecule has 1 rings (SSSR count). The van der Waals surface area contributed by atoms with Crippen LogP contribution in [0.25, 0.3) is 0 Å². The third-order valence-corrected chi connectivity index (χ3v) is 2.98. The molecule has 0 heterocycles. The highest BCUT2D eigenvalue weighted by Gasteiger charge is 2.18. The van der Waals surface area contributed by atoms with Crippen molar-refractivity contribution in [2.45, 2.75) is 25.8 Å². The Labute approximate surface area is 100 Å². The lowest BCUT2D eigenvalue weighted by Crippen LogP contribution is -2.32. The summed E-state index contributed by atoms with van der Waals surface area (Å²) in [6, 6.07) is 5.45. The summed E-state index contributed by atoms with van der Waals surface area (Å²) in [7, 11) is 0. The van der Waals surface area contributed by atoms with Crippen LogP contribution in [0.2, 0.25) is 10.0 Å². The Kier molecular flexibility index (Phi) is 4.26. The summed E-state index contributed by atoms with van der Waals surface area (Å²) >= 11 is 11.9. The van der Waals surface area contributed by atoms with Crippen molar-refractivity contribution in [2.24, 2.45) is 0 Å². The van der Waals surface area contributed by atoms with Gasteiger partial charge in [0, 0.05) is 12.1 Å². The van der Waals surface area contributed by atoms with Gasteiger partial charge in [-0.2, -0.15) is 0 Å². The van der Waals surface area contributed by atoms with Crippen LogP contribution in [0.4, 0.5) is 5.69 Å². The van der Waals surface area contributed by atoms with E-state index < -0.39 is 0 Å². The maximum absolute atomic E-state index is 8.90. The van der Waals surface area contributed by atoms with E-state index >= 15 is 0 Å². The van der Waals surface area contributed by atoms with Crippen molar-refractivity contribution in [3.63, 3.8) is 0 Å². The van der Waals surface area contributed by atoms with Gasteiger partial charge in [0.25, 0.3) is 0 Å². The molecule has 0 bridgehead atoms. The Hall–Kier alpha value is -0.440. The minimum absolute atomic E-state index is 0.137. The Bertz CT molecular complexity index is 339. The van der Waals surface area contributed by atoms with Crippen LogP contribution in [0.1, 0.15) is 20.3 Å². The predicted octanol–water partition coefficient (Wildman–Crippen LogP) is 3.57. The van der Waals surface area contributed by atoms with Crippen LogP contribution < -0.4 is 5.32 Å². The fourth-order valence-electron chi connectivity index (χ4n) is 1.31. The molecule has 0 radical (unpaired) electrons. The molecule has 0 saturated carbocycles. The van der Waals surface area contributed by atoms with Crippen LogP contribution in [0.15, 0.2) is 18.2 Å². The number of aliphatic hydroxyl groups is 1. The van der Waals surface area contributed by atoms with Gasteiger partial charge >= 0.3 is 0 Å². The van der Waals surface area contributed by atoms with Gasteiger partial charge in [-0.1, -0.05) is 29.3 Å². The van der Waals surface area contributed by atoms with Crippen molar-refractivity contribution in [3.05, 3.63) is 28.2 Å². The Balaban J connectivity index is 2.85. The standard InChI is InChI=1S/C11H15Cl2NO/c1-11(2,6-7-15)14-9-5-3-4-8(12)10(9)13/h3-5,14-15H,6-7H2,1-2H3. The maximum atomic E-state index is 8.90. The van der Waals surface area contributed by atoms with Gasteiger partial charge in [0.2, 0.25) is 0 Å². The van der Waals surface area contributed by atoms with Crippen molar-refractivity contribution in [1.82, 2.24) is 0 Å². The second kappa shape index (κ2) is 5.06. The first-order valence-corrected chi connectivity index (χ1v) is 5.55. The zero-order valence-electron chi connectivity index (χ0n) is 8.85. The molecule has 0 aliphatic rings.